The fourth-order valence-corrected chi connectivity index (χ4v) is 3.73. The Bertz CT molecular complexity index is 1230. The Balaban J connectivity index is 1.66. The highest BCUT2D eigenvalue weighted by atomic mass is 16.5. The number of hydrogen-bond acceptors (Lipinski definition) is 9. The summed E-state index contributed by atoms with van der Waals surface area (Å²) in [5.41, 5.74) is 13.2. The second kappa shape index (κ2) is 9.56. The first-order valence-corrected chi connectivity index (χ1v) is 10.6. The van der Waals surface area contributed by atoms with Gasteiger partial charge in [0.1, 0.15) is 29.8 Å². The highest BCUT2D eigenvalue weighted by Gasteiger charge is 2.34. The molecule has 0 aliphatic carbocycles. The summed E-state index contributed by atoms with van der Waals surface area (Å²) >= 11 is 0. The van der Waals surface area contributed by atoms with Crippen molar-refractivity contribution in [3.8, 4) is 17.6 Å². The number of hydrogen-bond donors (Lipinski definition) is 4. The SMILES string of the molecule is CC[C@H]1O[C@@H](n2cc(C#Cc3cccc(OC(=O)C(O)CN)c3)c3c(N)ncnc32)C[C@@H]1O. The van der Waals surface area contributed by atoms with Gasteiger partial charge in [0.2, 0.25) is 0 Å². The lowest BCUT2D eigenvalue weighted by molar-refractivity contribution is -0.143. The van der Waals surface area contributed by atoms with Crippen LogP contribution in [0.25, 0.3) is 11.0 Å². The van der Waals surface area contributed by atoms with Crippen LogP contribution in [0.3, 0.4) is 0 Å². The zero-order valence-corrected chi connectivity index (χ0v) is 18.0. The third-order valence-corrected chi connectivity index (χ3v) is 5.44. The van der Waals surface area contributed by atoms with Crippen molar-refractivity contribution >= 4 is 22.8 Å². The number of fused-ring (bicyclic) bond motifs is 1. The highest BCUT2D eigenvalue weighted by molar-refractivity contribution is 5.92. The van der Waals surface area contributed by atoms with Crippen molar-refractivity contribution in [3.63, 3.8) is 0 Å². The predicted molar refractivity (Wildman–Crippen MR) is 120 cm³/mol. The van der Waals surface area contributed by atoms with Gasteiger partial charge in [-0.05, 0) is 24.6 Å². The number of nitrogen functional groups attached to an aromatic ring is 1. The number of benzene rings is 1. The largest absolute Gasteiger partial charge is 0.425 e. The minimum atomic E-state index is -1.39. The summed E-state index contributed by atoms with van der Waals surface area (Å²) in [6.07, 6.45) is 1.71. The van der Waals surface area contributed by atoms with Gasteiger partial charge in [0.15, 0.2) is 6.10 Å². The molecule has 172 valence electrons. The van der Waals surface area contributed by atoms with Gasteiger partial charge in [-0.15, -0.1) is 0 Å². The van der Waals surface area contributed by atoms with Gasteiger partial charge in [-0.25, -0.2) is 14.8 Å². The van der Waals surface area contributed by atoms with Crippen LogP contribution in [0, 0.1) is 11.8 Å². The Morgan fingerprint density at radius 1 is 1.39 bits per heavy atom. The fraction of sp³-hybridized carbons (Fsp3) is 0.348. The Hall–Kier alpha value is -3.49. The minimum absolute atomic E-state index is 0.230. The summed E-state index contributed by atoms with van der Waals surface area (Å²) in [4.78, 5) is 20.2. The van der Waals surface area contributed by atoms with Crippen molar-refractivity contribution in [2.45, 2.75) is 44.3 Å². The van der Waals surface area contributed by atoms with Crippen LogP contribution >= 0.6 is 0 Å². The van der Waals surface area contributed by atoms with Crippen molar-refractivity contribution < 1.29 is 24.5 Å². The van der Waals surface area contributed by atoms with E-state index < -0.39 is 24.4 Å². The lowest BCUT2D eigenvalue weighted by Gasteiger charge is -2.14. The van der Waals surface area contributed by atoms with Crippen LogP contribution in [0.2, 0.25) is 0 Å². The molecule has 4 rings (SSSR count). The lowest BCUT2D eigenvalue weighted by atomic mass is 10.1. The van der Waals surface area contributed by atoms with Crippen molar-refractivity contribution in [1.82, 2.24) is 14.5 Å². The molecule has 0 spiro atoms. The normalized spacial score (nSPS) is 20.9. The zero-order valence-electron chi connectivity index (χ0n) is 18.0. The van der Waals surface area contributed by atoms with Gasteiger partial charge >= 0.3 is 5.97 Å². The highest BCUT2D eigenvalue weighted by Crippen LogP contribution is 2.34. The van der Waals surface area contributed by atoms with E-state index in [9.17, 15) is 15.0 Å². The molecule has 4 atom stereocenters. The maximum Gasteiger partial charge on any atom is 0.341 e. The number of esters is 1. The smallest absolute Gasteiger partial charge is 0.341 e. The summed E-state index contributed by atoms with van der Waals surface area (Å²) < 4.78 is 13.0. The van der Waals surface area contributed by atoms with Crippen LogP contribution in [0.1, 0.15) is 37.1 Å². The number of carbonyl (C=O) groups excluding carboxylic acids is 1. The number of nitrogens with two attached hydrogens (primary N) is 2. The molecule has 1 saturated heterocycles. The average molecular weight is 451 g/mol. The molecule has 1 aliphatic heterocycles. The first-order valence-electron chi connectivity index (χ1n) is 10.6. The first kappa shape index (κ1) is 22.7. The number of carbonyl (C=O) groups is 1. The first-order chi connectivity index (χ1) is 15.9. The molecule has 1 aromatic carbocycles. The van der Waals surface area contributed by atoms with Gasteiger partial charge < -0.3 is 35.7 Å². The third kappa shape index (κ3) is 4.67. The monoisotopic (exact) mass is 451 g/mol. The second-order valence-electron chi connectivity index (χ2n) is 7.70. The second-order valence-corrected chi connectivity index (χ2v) is 7.70. The molecule has 0 bridgehead atoms. The number of aliphatic hydroxyl groups is 2. The van der Waals surface area contributed by atoms with Crippen LogP contribution in [-0.2, 0) is 9.53 Å². The molecule has 3 heterocycles. The Kier molecular flexibility index (Phi) is 6.57. The van der Waals surface area contributed by atoms with E-state index in [1.807, 2.05) is 11.5 Å². The zero-order chi connectivity index (χ0) is 23.5. The quantitative estimate of drug-likeness (QED) is 0.249. The van der Waals surface area contributed by atoms with Gasteiger partial charge in [0, 0.05) is 24.7 Å². The molecule has 6 N–H and O–H groups in total. The number of aliphatic hydroxyl groups excluding tert-OH is 2. The number of nitrogens with zero attached hydrogens (tertiary/aromatic N) is 3. The molecule has 2 aromatic heterocycles. The molecule has 10 heteroatoms. The molecule has 0 amide bonds. The van der Waals surface area contributed by atoms with Gasteiger partial charge in [-0.1, -0.05) is 24.8 Å². The summed E-state index contributed by atoms with van der Waals surface area (Å²) in [6, 6.07) is 6.60. The molecular formula is C23H25N5O5. The van der Waals surface area contributed by atoms with E-state index in [0.717, 1.165) is 0 Å². The van der Waals surface area contributed by atoms with Crippen LogP contribution in [0.4, 0.5) is 5.82 Å². The molecule has 0 radical (unpaired) electrons. The molecule has 1 fully saturated rings. The summed E-state index contributed by atoms with van der Waals surface area (Å²) in [5, 5.41) is 20.4. The molecule has 0 saturated carbocycles. The number of ether oxygens (including phenoxy) is 2. The van der Waals surface area contributed by atoms with E-state index in [0.29, 0.717) is 35.0 Å². The van der Waals surface area contributed by atoms with Gasteiger partial charge in [0.05, 0.1) is 23.2 Å². The molecule has 3 aromatic rings. The Morgan fingerprint density at radius 3 is 2.94 bits per heavy atom. The van der Waals surface area contributed by atoms with Crippen molar-refractivity contribution in [3.05, 3.63) is 47.9 Å². The van der Waals surface area contributed by atoms with Gasteiger partial charge in [-0.2, -0.15) is 0 Å². The van der Waals surface area contributed by atoms with Crippen LogP contribution < -0.4 is 16.2 Å². The molecule has 33 heavy (non-hydrogen) atoms. The Labute approximate surface area is 190 Å². The summed E-state index contributed by atoms with van der Waals surface area (Å²) in [5.74, 6) is 5.80. The van der Waals surface area contributed by atoms with Crippen molar-refractivity contribution in [2.75, 3.05) is 12.3 Å². The third-order valence-electron chi connectivity index (χ3n) is 5.44. The van der Waals surface area contributed by atoms with E-state index in [1.165, 1.54) is 6.33 Å². The number of anilines is 1. The maximum absolute atomic E-state index is 11.8. The van der Waals surface area contributed by atoms with Crippen LogP contribution in [-0.4, -0.2) is 55.6 Å². The predicted octanol–water partition coefficient (Wildman–Crippen LogP) is 0.697. The standard InChI is InChI=1S/C23H25N5O5/c1-2-18-16(29)9-19(33-18)28-11-14(20-21(25)26-12-27-22(20)28)7-6-13-4-3-5-15(8-13)32-23(31)17(30)10-24/h3-5,8,11-12,16-19,29-30H,2,9-10,24H2,1H3,(H2,25,26,27)/t16-,17?,18+,19+/m0/s1. The molecule has 1 unspecified atom stereocenters. The molecule has 10 nitrogen and oxygen atoms in total. The minimum Gasteiger partial charge on any atom is -0.425 e. The molecular weight excluding hydrogens is 426 g/mol. The van der Waals surface area contributed by atoms with E-state index >= 15 is 0 Å². The van der Waals surface area contributed by atoms with Gasteiger partial charge in [-0.3, -0.25) is 0 Å². The van der Waals surface area contributed by atoms with E-state index in [2.05, 4.69) is 21.8 Å². The number of rotatable bonds is 5. The molecule has 1 aliphatic rings. The van der Waals surface area contributed by atoms with Crippen LogP contribution in [0.15, 0.2) is 36.8 Å². The van der Waals surface area contributed by atoms with E-state index in [4.69, 9.17) is 20.9 Å². The fourth-order valence-electron chi connectivity index (χ4n) is 3.73. The van der Waals surface area contributed by atoms with E-state index in [1.54, 1.807) is 30.5 Å². The average Bonchev–Trinajstić information content (AvgIpc) is 3.38. The Morgan fingerprint density at radius 2 is 2.21 bits per heavy atom. The van der Waals surface area contributed by atoms with Crippen molar-refractivity contribution in [1.29, 1.82) is 0 Å². The number of aromatic nitrogens is 3. The van der Waals surface area contributed by atoms with Crippen molar-refractivity contribution in [2.24, 2.45) is 5.73 Å². The van der Waals surface area contributed by atoms with E-state index in [-0.39, 0.29) is 24.2 Å². The van der Waals surface area contributed by atoms with Gasteiger partial charge in [0.25, 0.3) is 0 Å². The summed E-state index contributed by atoms with van der Waals surface area (Å²) in [6.45, 7) is 1.73. The maximum atomic E-state index is 11.8. The lowest BCUT2D eigenvalue weighted by Crippen LogP contribution is -2.32. The summed E-state index contributed by atoms with van der Waals surface area (Å²) in [7, 11) is 0. The topological polar surface area (TPSA) is 159 Å². The van der Waals surface area contributed by atoms with Crippen LogP contribution in [0.5, 0.6) is 5.75 Å².